The minimum Gasteiger partial charge on any atom is -0.363 e. The van der Waals surface area contributed by atoms with Gasteiger partial charge in [-0.2, -0.15) is 9.61 Å². The van der Waals surface area contributed by atoms with Crippen molar-refractivity contribution in [1.29, 1.82) is 0 Å². The molecule has 5 nitrogen and oxygen atoms in total. The molecule has 3 aromatic heterocycles. The van der Waals surface area contributed by atoms with Crippen molar-refractivity contribution >= 4 is 11.5 Å². The van der Waals surface area contributed by atoms with Gasteiger partial charge in [0.25, 0.3) is 0 Å². The van der Waals surface area contributed by atoms with E-state index in [1.165, 1.54) is 0 Å². The van der Waals surface area contributed by atoms with Crippen LogP contribution in [0.15, 0.2) is 24.4 Å². The highest BCUT2D eigenvalue weighted by Crippen LogP contribution is 2.23. The third-order valence-electron chi connectivity index (χ3n) is 4.27. The number of aryl methyl sites for hydroxylation is 4. The molecule has 0 aliphatic carbocycles. The Morgan fingerprint density at radius 3 is 2.65 bits per heavy atom. The molecule has 0 saturated carbocycles. The maximum Gasteiger partial charge on any atom is 0.160 e. The topological polar surface area (TPSA) is 55.1 Å². The summed E-state index contributed by atoms with van der Waals surface area (Å²) in [5.41, 5.74) is 6.32. The monoisotopic (exact) mass is 309 g/mol. The minimum absolute atomic E-state index is 0.142. The molecular formula is C18H23N5. The van der Waals surface area contributed by atoms with Crippen molar-refractivity contribution in [3.8, 4) is 0 Å². The van der Waals surface area contributed by atoms with Gasteiger partial charge in [-0.25, -0.2) is 4.98 Å². The van der Waals surface area contributed by atoms with Gasteiger partial charge in [0.15, 0.2) is 5.65 Å². The zero-order chi connectivity index (χ0) is 16.6. The fourth-order valence-electron chi connectivity index (χ4n) is 2.60. The molecule has 0 amide bonds. The lowest BCUT2D eigenvalue weighted by molar-refractivity contribution is 0.823. The molecule has 0 unspecified atom stereocenters. The van der Waals surface area contributed by atoms with Gasteiger partial charge < -0.3 is 5.32 Å². The van der Waals surface area contributed by atoms with Crippen LogP contribution in [0.5, 0.6) is 0 Å². The predicted molar refractivity (Wildman–Crippen MR) is 92.9 cm³/mol. The SMILES string of the molecule is CCc1cc(N[C@@H](C)c2ccc(C)nc2)n2nc(C)c(C)c2n1. The predicted octanol–water partition coefficient (Wildman–Crippen LogP) is 3.79. The molecule has 0 spiro atoms. The van der Waals surface area contributed by atoms with Crippen LogP contribution in [0.1, 0.15) is 48.1 Å². The van der Waals surface area contributed by atoms with Crippen LogP contribution in [0.3, 0.4) is 0 Å². The summed E-state index contributed by atoms with van der Waals surface area (Å²) < 4.78 is 1.90. The van der Waals surface area contributed by atoms with E-state index in [4.69, 9.17) is 4.98 Å². The molecule has 0 fully saturated rings. The van der Waals surface area contributed by atoms with Gasteiger partial charge in [0.1, 0.15) is 5.82 Å². The second kappa shape index (κ2) is 5.99. The van der Waals surface area contributed by atoms with Gasteiger partial charge >= 0.3 is 0 Å². The van der Waals surface area contributed by atoms with Crippen molar-refractivity contribution in [2.24, 2.45) is 0 Å². The first-order valence-electron chi connectivity index (χ1n) is 8.04. The Kier molecular flexibility index (Phi) is 4.03. The molecule has 3 rings (SSSR count). The summed E-state index contributed by atoms with van der Waals surface area (Å²) in [6, 6.07) is 6.37. The molecule has 1 atom stereocenters. The summed E-state index contributed by atoms with van der Waals surface area (Å²) in [5, 5.41) is 8.18. The minimum atomic E-state index is 0.142. The molecule has 120 valence electrons. The molecule has 1 N–H and O–H groups in total. The Bertz CT molecular complexity index is 833. The molecule has 0 aliphatic heterocycles. The molecule has 0 radical (unpaired) electrons. The summed E-state index contributed by atoms with van der Waals surface area (Å²) in [4.78, 5) is 9.10. The van der Waals surface area contributed by atoms with Crippen molar-refractivity contribution in [2.75, 3.05) is 5.32 Å². The largest absolute Gasteiger partial charge is 0.363 e. The number of hydrogen-bond donors (Lipinski definition) is 1. The normalized spacial score (nSPS) is 12.6. The first-order valence-corrected chi connectivity index (χ1v) is 8.04. The zero-order valence-electron chi connectivity index (χ0n) is 14.4. The summed E-state index contributed by atoms with van der Waals surface area (Å²) >= 11 is 0. The number of hydrogen-bond acceptors (Lipinski definition) is 4. The van der Waals surface area contributed by atoms with Gasteiger partial charge in [-0.05, 0) is 45.7 Å². The standard InChI is InChI=1S/C18H23N5/c1-6-16-9-17(23-18(21-16)12(3)13(4)22-23)20-14(5)15-8-7-11(2)19-10-15/h7-10,14,20H,6H2,1-5H3/t14-/m0/s1. The average molecular weight is 309 g/mol. The van der Waals surface area contributed by atoms with Gasteiger partial charge in [-0.3, -0.25) is 4.98 Å². The van der Waals surface area contributed by atoms with Gasteiger partial charge in [0.05, 0.1) is 11.7 Å². The second-order valence-electron chi connectivity index (χ2n) is 6.03. The molecule has 5 heteroatoms. The van der Waals surface area contributed by atoms with Crippen molar-refractivity contribution in [3.05, 3.63) is 52.6 Å². The van der Waals surface area contributed by atoms with Crippen molar-refractivity contribution in [2.45, 2.75) is 47.1 Å². The number of pyridine rings is 1. The van der Waals surface area contributed by atoms with Gasteiger partial charge in [0.2, 0.25) is 0 Å². The van der Waals surface area contributed by atoms with E-state index in [-0.39, 0.29) is 6.04 Å². The second-order valence-corrected chi connectivity index (χ2v) is 6.03. The van der Waals surface area contributed by atoms with Crippen LogP contribution in [0.2, 0.25) is 0 Å². The van der Waals surface area contributed by atoms with Crippen molar-refractivity contribution < 1.29 is 0 Å². The van der Waals surface area contributed by atoms with Gasteiger partial charge in [0, 0.05) is 29.2 Å². The van der Waals surface area contributed by atoms with Crippen LogP contribution in [-0.4, -0.2) is 19.6 Å². The third kappa shape index (κ3) is 2.91. The maximum atomic E-state index is 4.71. The van der Waals surface area contributed by atoms with Crippen LogP contribution in [0.4, 0.5) is 5.82 Å². The van der Waals surface area contributed by atoms with E-state index < -0.39 is 0 Å². The molecule has 23 heavy (non-hydrogen) atoms. The van der Waals surface area contributed by atoms with E-state index in [2.05, 4.69) is 48.3 Å². The van der Waals surface area contributed by atoms with E-state index in [0.717, 1.165) is 46.1 Å². The highest BCUT2D eigenvalue weighted by atomic mass is 15.3. The molecule has 3 heterocycles. The van der Waals surface area contributed by atoms with E-state index >= 15 is 0 Å². The van der Waals surface area contributed by atoms with E-state index in [9.17, 15) is 0 Å². The summed E-state index contributed by atoms with van der Waals surface area (Å²) in [6.07, 6.45) is 2.82. The average Bonchev–Trinajstić information content (AvgIpc) is 2.83. The fourth-order valence-corrected chi connectivity index (χ4v) is 2.60. The van der Waals surface area contributed by atoms with E-state index in [1.807, 2.05) is 30.6 Å². The molecule has 3 aromatic rings. The van der Waals surface area contributed by atoms with Gasteiger partial charge in [-0.15, -0.1) is 0 Å². The highest BCUT2D eigenvalue weighted by molar-refractivity contribution is 5.56. The highest BCUT2D eigenvalue weighted by Gasteiger charge is 2.14. The Morgan fingerprint density at radius 2 is 2.00 bits per heavy atom. The first kappa shape index (κ1) is 15.5. The van der Waals surface area contributed by atoms with Crippen molar-refractivity contribution in [3.63, 3.8) is 0 Å². The molecule has 0 aliphatic rings. The maximum absolute atomic E-state index is 4.71. The van der Waals surface area contributed by atoms with Crippen LogP contribution in [-0.2, 0) is 6.42 Å². The fraction of sp³-hybridized carbons (Fsp3) is 0.389. The van der Waals surface area contributed by atoms with Crippen LogP contribution in [0, 0.1) is 20.8 Å². The molecule has 0 bridgehead atoms. The number of anilines is 1. The number of aromatic nitrogens is 4. The molecule has 0 aromatic carbocycles. The summed E-state index contributed by atoms with van der Waals surface area (Å²) in [7, 11) is 0. The molecule has 0 saturated heterocycles. The van der Waals surface area contributed by atoms with Gasteiger partial charge in [-0.1, -0.05) is 13.0 Å². The van der Waals surface area contributed by atoms with Crippen LogP contribution >= 0.6 is 0 Å². The first-order chi connectivity index (χ1) is 11.0. The van der Waals surface area contributed by atoms with Crippen LogP contribution in [0.25, 0.3) is 5.65 Å². The number of nitrogens with one attached hydrogen (secondary N) is 1. The van der Waals surface area contributed by atoms with Crippen LogP contribution < -0.4 is 5.32 Å². The number of rotatable bonds is 4. The van der Waals surface area contributed by atoms with E-state index in [1.54, 1.807) is 0 Å². The Balaban J connectivity index is 2.01. The Morgan fingerprint density at radius 1 is 1.22 bits per heavy atom. The third-order valence-corrected chi connectivity index (χ3v) is 4.27. The summed E-state index contributed by atoms with van der Waals surface area (Å²) in [6.45, 7) is 10.3. The Hall–Kier alpha value is -2.43. The summed E-state index contributed by atoms with van der Waals surface area (Å²) in [5.74, 6) is 0.969. The molecular weight excluding hydrogens is 286 g/mol. The van der Waals surface area contributed by atoms with E-state index in [0.29, 0.717) is 0 Å². The zero-order valence-corrected chi connectivity index (χ0v) is 14.4. The smallest absolute Gasteiger partial charge is 0.160 e. The Labute approximate surface area is 136 Å². The van der Waals surface area contributed by atoms with Crippen molar-refractivity contribution in [1.82, 2.24) is 19.6 Å². The lowest BCUT2D eigenvalue weighted by Gasteiger charge is -2.17. The number of fused-ring (bicyclic) bond motifs is 1. The lowest BCUT2D eigenvalue weighted by Crippen LogP contribution is -2.12. The lowest BCUT2D eigenvalue weighted by atomic mass is 10.1. The number of nitrogens with zero attached hydrogens (tertiary/aromatic N) is 4. The quantitative estimate of drug-likeness (QED) is 0.797.